The minimum absolute atomic E-state index is 0. The van der Waals surface area contributed by atoms with E-state index in [2.05, 4.69) is 31.1 Å². The van der Waals surface area contributed by atoms with Crippen LogP contribution in [0.1, 0.15) is 52.1 Å². The molecule has 0 bridgehead atoms. The van der Waals surface area contributed by atoms with Gasteiger partial charge in [0, 0.05) is 11.7 Å². The second-order valence-corrected chi connectivity index (χ2v) is 7.19. The molecule has 1 aromatic heterocycles. The first-order valence-corrected chi connectivity index (χ1v) is 7.86. The van der Waals surface area contributed by atoms with Crippen LogP contribution in [0.25, 0.3) is 0 Å². The van der Waals surface area contributed by atoms with Crippen molar-refractivity contribution in [3.8, 4) is 0 Å². The number of carbonyl (C=O) groups is 1. The Morgan fingerprint density at radius 3 is 2.59 bits per heavy atom. The lowest BCUT2D eigenvalue weighted by Crippen LogP contribution is -2.47. The normalized spacial score (nSPS) is 21.8. The fraction of sp³-hybridized carbons (Fsp3) is 0.647. The lowest BCUT2D eigenvalue weighted by molar-refractivity contribution is -0.122. The predicted octanol–water partition coefficient (Wildman–Crippen LogP) is 3.35. The molecule has 1 aliphatic carbocycles. The molecule has 0 saturated heterocycles. The molecule has 0 aliphatic heterocycles. The van der Waals surface area contributed by atoms with Gasteiger partial charge in [0.05, 0.1) is 18.3 Å². The van der Waals surface area contributed by atoms with Gasteiger partial charge in [-0.1, -0.05) is 33.6 Å². The zero-order chi connectivity index (χ0) is 15.5. The summed E-state index contributed by atoms with van der Waals surface area (Å²) >= 11 is 0. The third-order valence-corrected chi connectivity index (χ3v) is 4.41. The van der Waals surface area contributed by atoms with E-state index in [0.717, 1.165) is 12.1 Å². The van der Waals surface area contributed by atoms with Crippen molar-refractivity contribution in [2.75, 3.05) is 5.73 Å². The van der Waals surface area contributed by atoms with E-state index in [0.29, 0.717) is 24.1 Å². The molecular formula is C17H28ClN3O. The minimum Gasteiger partial charge on any atom is -0.397 e. The van der Waals surface area contributed by atoms with Gasteiger partial charge in [-0.05, 0) is 36.3 Å². The number of aromatic nitrogens is 1. The molecule has 1 aromatic rings. The molecule has 2 rings (SSSR count). The van der Waals surface area contributed by atoms with Crippen LogP contribution >= 0.6 is 12.4 Å². The summed E-state index contributed by atoms with van der Waals surface area (Å²) in [5, 5.41) is 3.23. The number of rotatable bonds is 3. The number of halogens is 1. The Bertz CT molecular complexity index is 482. The summed E-state index contributed by atoms with van der Waals surface area (Å²) in [4.78, 5) is 16.4. The van der Waals surface area contributed by atoms with Crippen LogP contribution in [0.5, 0.6) is 0 Å². The van der Waals surface area contributed by atoms with Crippen LogP contribution in [0.15, 0.2) is 18.3 Å². The van der Waals surface area contributed by atoms with Gasteiger partial charge in [0.1, 0.15) is 0 Å². The Morgan fingerprint density at radius 1 is 1.32 bits per heavy atom. The molecule has 0 radical (unpaired) electrons. The van der Waals surface area contributed by atoms with Crippen LogP contribution in [-0.4, -0.2) is 16.9 Å². The third-order valence-electron chi connectivity index (χ3n) is 4.41. The van der Waals surface area contributed by atoms with Crippen molar-refractivity contribution in [1.29, 1.82) is 0 Å². The van der Waals surface area contributed by atoms with E-state index in [4.69, 9.17) is 5.73 Å². The lowest BCUT2D eigenvalue weighted by Gasteiger charge is -2.40. The Kier molecular flexibility index (Phi) is 6.66. The SMILES string of the molecule is CC(C)(C)C1CCCCC1NC(=O)Cc1ccc(N)cn1.Cl. The first-order chi connectivity index (χ1) is 9.86. The van der Waals surface area contributed by atoms with Crippen molar-refractivity contribution in [3.05, 3.63) is 24.0 Å². The standard InChI is InChI=1S/C17H27N3O.ClH/c1-17(2,3)14-6-4-5-7-15(14)20-16(21)10-13-9-8-12(18)11-19-13;/h8-9,11,14-15H,4-7,10,18H2,1-3H3,(H,20,21);1H. The summed E-state index contributed by atoms with van der Waals surface area (Å²) in [5.74, 6) is 0.614. The highest BCUT2D eigenvalue weighted by Crippen LogP contribution is 2.37. The summed E-state index contributed by atoms with van der Waals surface area (Å²) in [6.07, 6.45) is 6.69. The smallest absolute Gasteiger partial charge is 0.226 e. The fourth-order valence-corrected chi connectivity index (χ4v) is 3.30. The number of nitrogens with two attached hydrogens (primary N) is 1. The highest BCUT2D eigenvalue weighted by Gasteiger charge is 2.34. The quantitative estimate of drug-likeness (QED) is 0.895. The Balaban J connectivity index is 0.00000242. The number of carbonyl (C=O) groups excluding carboxylic acids is 1. The molecule has 1 amide bonds. The number of hydrogen-bond donors (Lipinski definition) is 2. The van der Waals surface area contributed by atoms with Crippen LogP contribution in [0, 0.1) is 11.3 Å². The summed E-state index contributed by atoms with van der Waals surface area (Å²) in [5.41, 5.74) is 7.24. The maximum absolute atomic E-state index is 12.3. The topological polar surface area (TPSA) is 68.0 Å². The Hall–Kier alpha value is -1.29. The molecule has 0 spiro atoms. The van der Waals surface area contributed by atoms with Gasteiger partial charge in [0.2, 0.25) is 5.91 Å². The molecular weight excluding hydrogens is 298 g/mol. The zero-order valence-electron chi connectivity index (χ0n) is 13.8. The second-order valence-electron chi connectivity index (χ2n) is 7.19. The van der Waals surface area contributed by atoms with Crippen LogP contribution in [0.2, 0.25) is 0 Å². The first-order valence-electron chi connectivity index (χ1n) is 7.86. The van der Waals surface area contributed by atoms with Gasteiger partial charge in [-0.2, -0.15) is 0 Å². The fourth-order valence-electron chi connectivity index (χ4n) is 3.30. The average molecular weight is 326 g/mol. The van der Waals surface area contributed by atoms with E-state index in [1.54, 1.807) is 12.3 Å². The van der Waals surface area contributed by atoms with Gasteiger partial charge in [-0.25, -0.2) is 0 Å². The van der Waals surface area contributed by atoms with Crippen molar-refractivity contribution in [2.45, 2.75) is 58.9 Å². The molecule has 2 atom stereocenters. The zero-order valence-corrected chi connectivity index (χ0v) is 14.6. The number of anilines is 1. The van der Waals surface area contributed by atoms with E-state index in [-0.39, 0.29) is 23.7 Å². The molecule has 124 valence electrons. The molecule has 4 nitrogen and oxygen atoms in total. The van der Waals surface area contributed by atoms with Crippen molar-refractivity contribution < 1.29 is 4.79 Å². The van der Waals surface area contributed by atoms with Crippen LogP contribution < -0.4 is 11.1 Å². The predicted molar refractivity (Wildman–Crippen MR) is 92.9 cm³/mol. The minimum atomic E-state index is 0. The van der Waals surface area contributed by atoms with Crippen LogP contribution in [0.3, 0.4) is 0 Å². The molecule has 1 aliphatic rings. The van der Waals surface area contributed by atoms with E-state index in [1.807, 2.05) is 6.07 Å². The van der Waals surface area contributed by atoms with E-state index in [9.17, 15) is 4.79 Å². The highest BCUT2D eigenvalue weighted by atomic mass is 35.5. The number of nitrogens with one attached hydrogen (secondary N) is 1. The van der Waals surface area contributed by atoms with Gasteiger partial charge in [-0.3, -0.25) is 9.78 Å². The number of hydrogen-bond acceptors (Lipinski definition) is 3. The van der Waals surface area contributed by atoms with Crippen molar-refractivity contribution in [1.82, 2.24) is 10.3 Å². The molecule has 1 fully saturated rings. The Labute approximate surface area is 139 Å². The maximum Gasteiger partial charge on any atom is 0.226 e. The van der Waals surface area contributed by atoms with E-state index in [1.165, 1.54) is 19.3 Å². The van der Waals surface area contributed by atoms with Gasteiger partial charge >= 0.3 is 0 Å². The summed E-state index contributed by atoms with van der Waals surface area (Å²) in [6, 6.07) is 3.89. The Morgan fingerprint density at radius 2 is 2.00 bits per heavy atom. The molecule has 22 heavy (non-hydrogen) atoms. The van der Waals surface area contributed by atoms with Gasteiger partial charge in [0.15, 0.2) is 0 Å². The van der Waals surface area contributed by atoms with E-state index < -0.39 is 0 Å². The van der Waals surface area contributed by atoms with Crippen LogP contribution in [-0.2, 0) is 11.2 Å². The van der Waals surface area contributed by atoms with Crippen LogP contribution in [0.4, 0.5) is 5.69 Å². The van der Waals surface area contributed by atoms with E-state index >= 15 is 0 Å². The number of nitrogen functional groups attached to an aromatic ring is 1. The number of amides is 1. The molecule has 5 heteroatoms. The monoisotopic (exact) mass is 325 g/mol. The molecule has 1 saturated carbocycles. The van der Waals surface area contributed by atoms with Crippen molar-refractivity contribution in [2.24, 2.45) is 11.3 Å². The summed E-state index contributed by atoms with van der Waals surface area (Å²) < 4.78 is 0. The van der Waals surface area contributed by atoms with Gasteiger partial charge in [-0.15, -0.1) is 12.4 Å². The largest absolute Gasteiger partial charge is 0.397 e. The molecule has 2 unspecified atom stereocenters. The average Bonchev–Trinajstić information content (AvgIpc) is 2.41. The second kappa shape index (κ2) is 7.82. The number of pyridine rings is 1. The summed E-state index contributed by atoms with van der Waals surface area (Å²) in [6.45, 7) is 6.80. The van der Waals surface area contributed by atoms with Gasteiger partial charge < -0.3 is 11.1 Å². The first kappa shape index (κ1) is 18.8. The highest BCUT2D eigenvalue weighted by molar-refractivity contribution is 5.85. The molecule has 0 aromatic carbocycles. The molecule has 1 heterocycles. The summed E-state index contributed by atoms with van der Waals surface area (Å²) in [7, 11) is 0. The van der Waals surface area contributed by atoms with Gasteiger partial charge in [0.25, 0.3) is 0 Å². The number of nitrogens with zero attached hydrogens (tertiary/aromatic N) is 1. The molecule has 3 N–H and O–H groups in total. The third kappa shape index (κ3) is 5.16. The maximum atomic E-state index is 12.3. The van der Waals surface area contributed by atoms with Crippen molar-refractivity contribution in [3.63, 3.8) is 0 Å². The van der Waals surface area contributed by atoms with Crippen molar-refractivity contribution >= 4 is 24.0 Å². The lowest BCUT2D eigenvalue weighted by atomic mass is 9.69.